The summed E-state index contributed by atoms with van der Waals surface area (Å²) in [5.41, 5.74) is 2.43. The summed E-state index contributed by atoms with van der Waals surface area (Å²) in [4.78, 5) is 4.64. The molecule has 1 aromatic heterocycles. The molecule has 0 unspecified atom stereocenters. The van der Waals surface area contributed by atoms with Crippen molar-refractivity contribution in [2.24, 2.45) is 0 Å². The summed E-state index contributed by atoms with van der Waals surface area (Å²) in [5.74, 6) is 2.06. The zero-order chi connectivity index (χ0) is 10.3. The molecule has 15 heavy (non-hydrogen) atoms. The van der Waals surface area contributed by atoms with Crippen molar-refractivity contribution in [3.8, 4) is 5.75 Å². The van der Waals surface area contributed by atoms with E-state index in [1.807, 2.05) is 30.0 Å². The first-order valence-electron chi connectivity index (χ1n) is 4.97. The molecule has 3 heteroatoms. The van der Waals surface area contributed by atoms with E-state index in [9.17, 15) is 0 Å². The molecule has 1 aliphatic rings. The van der Waals surface area contributed by atoms with Gasteiger partial charge in [-0.25, -0.2) is 4.98 Å². The summed E-state index contributed by atoms with van der Waals surface area (Å²) in [6, 6.07) is 8.26. The van der Waals surface area contributed by atoms with E-state index in [1.54, 1.807) is 7.11 Å². The molecule has 0 saturated carbocycles. The van der Waals surface area contributed by atoms with Gasteiger partial charge in [-0.15, -0.1) is 11.8 Å². The molecule has 0 aliphatic carbocycles. The van der Waals surface area contributed by atoms with Crippen LogP contribution in [0.3, 0.4) is 0 Å². The summed E-state index contributed by atoms with van der Waals surface area (Å²) in [5, 5.41) is 2.38. The van der Waals surface area contributed by atoms with Crippen LogP contribution in [0.25, 0.3) is 10.9 Å². The fourth-order valence-electron chi connectivity index (χ4n) is 1.87. The molecule has 1 aliphatic heterocycles. The van der Waals surface area contributed by atoms with Crippen LogP contribution < -0.4 is 4.74 Å². The van der Waals surface area contributed by atoms with Crippen LogP contribution in [-0.2, 0) is 6.42 Å². The lowest BCUT2D eigenvalue weighted by atomic mass is 10.1. The molecule has 2 heterocycles. The first-order valence-corrected chi connectivity index (χ1v) is 5.96. The number of hydrogen-bond donors (Lipinski definition) is 0. The fourth-order valence-corrected chi connectivity index (χ4v) is 2.89. The first-order chi connectivity index (χ1) is 7.36. The highest BCUT2D eigenvalue weighted by molar-refractivity contribution is 7.99. The largest absolute Gasteiger partial charge is 0.497 e. The second kappa shape index (κ2) is 3.42. The standard InChI is InChI=1S/C12H11NOS/c1-14-10-2-3-11-9(7-10)6-8-4-5-15-12(8)13-11/h2-3,6-7H,4-5H2,1H3. The lowest BCUT2D eigenvalue weighted by Crippen LogP contribution is -1.88. The van der Waals surface area contributed by atoms with Crippen molar-refractivity contribution in [2.45, 2.75) is 11.4 Å². The van der Waals surface area contributed by atoms with Gasteiger partial charge in [0, 0.05) is 11.1 Å². The lowest BCUT2D eigenvalue weighted by molar-refractivity contribution is 0.415. The maximum atomic E-state index is 5.21. The normalized spacial score (nSPS) is 14.2. The minimum absolute atomic E-state index is 0.898. The third-order valence-corrected chi connectivity index (χ3v) is 3.71. The van der Waals surface area contributed by atoms with E-state index >= 15 is 0 Å². The van der Waals surface area contributed by atoms with E-state index in [0.29, 0.717) is 0 Å². The van der Waals surface area contributed by atoms with Crippen molar-refractivity contribution in [3.63, 3.8) is 0 Å². The number of hydrogen-bond acceptors (Lipinski definition) is 3. The molecule has 0 amide bonds. The minimum atomic E-state index is 0.898. The number of rotatable bonds is 1. The van der Waals surface area contributed by atoms with Gasteiger partial charge in [-0.05, 0) is 36.2 Å². The number of pyridine rings is 1. The molecule has 0 bridgehead atoms. The zero-order valence-corrected chi connectivity index (χ0v) is 9.30. The van der Waals surface area contributed by atoms with E-state index in [2.05, 4.69) is 11.1 Å². The number of aromatic nitrogens is 1. The van der Waals surface area contributed by atoms with Gasteiger partial charge in [0.1, 0.15) is 5.75 Å². The third kappa shape index (κ3) is 1.47. The number of aryl methyl sites for hydroxylation is 1. The highest BCUT2D eigenvalue weighted by atomic mass is 32.2. The molecule has 76 valence electrons. The van der Waals surface area contributed by atoms with Crippen molar-refractivity contribution >= 4 is 22.7 Å². The minimum Gasteiger partial charge on any atom is -0.497 e. The van der Waals surface area contributed by atoms with Gasteiger partial charge in [-0.1, -0.05) is 0 Å². The number of nitrogens with zero attached hydrogens (tertiary/aromatic N) is 1. The Labute approximate surface area is 92.7 Å². The maximum absolute atomic E-state index is 5.21. The van der Waals surface area contributed by atoms with Crippen LogP contribution in [0.15, 0.2) is 29.3 Å². The molecular formula is C12H11NOS. The van der Waals surface area contributed by atoms with Gasteiger partial charge in [0.05, 0.1) is 17.7 Å². The molecule has 0 atom stereocenters. The van der Waals surface area contributed by atoms with E-state index in [0.717, 1.165) is 23.4 Å². The van der Waals surface area contributed by atoms with Gasteiger partial charge in [0.2, 0.25) is 0 Å². The van der Waals surface area contributed by atoms with Crippen LogP contribution >= 0.6 is 11.8 Å². The summed E-state index contributed by atoms with van der Waals surface area (Å²) in [6.45, 7) is 0. The van der Waals surface area contributed by atoms with Crippen LogP contribution in [0.2, 0.25) is 0 Å². The second-order valence-corrected chi connectivity index (χ2v) is 4.69. The lowest BCUT2D eigenvalue weighted by Gasteiger charge is -2.04. The highest BCUT2D eigenvalue weighted by Crippen LogP contribution is 2.32. The van der Waals surface area contributed by atoms with E-state index < -0.39 is 0 Å². The Morgan fingerprint density at radius 3 is 3.13 bits per heavy atom. The summed E-state index contributed by atoms with van der Waals surface area (Å²) < 4.78 is 5.21. The molecule has 3 rings (SSSR count). The monoisotopic (exact) mass is 217 g/mol. The summed E-state index contributed by atoms with van der Waals surface area (Å²) in [6.07, 6.45) is 1.14. The molecule has 0 fully saturated rings. The van der Waals surface area contributed by atoms with Crippen molar-refractivity contribution < 1.29 is 4.74 Å². The predicted octanol–water partition coefficient (Wildman–Crippen LogP) is 2.89. The SMILES string of the molecule is COc1ccc2nc3c(cc2c1)CCS3. The Kier molecular flexibility index (Phi) is 2.06. The molecular weight excluding hydrogens is 206 g/mol. The Balaban J connectivity index is 2.24. The summed E-state index contributed by atoms with van der Waals surface area (Å²) in [7, 11) is 1.69. The van der Waals surface area contributed by atoms with Crippen LogP contribution in [0, 0.1) is 0 Å². The Morgan fingerprint density at radius 2 is 2.27 bits per heavy atom. The second-order valence-electron chi connectivity index (χ2n) is 3.61. The molecule has 2 nitrogen and oxygen atoms in total. The van der Waals surface area contributed by atoms with E-state index in [4.69, 9.17) is 4.74 Å². The molecule has 0 saturated heterocycles. The fraction of sp³-hybridized carbons (Fsp3) is 0.250. The summed E-state index contributed by atoms with van der Waals surface area (Å²) >= 11 is 1.85. The number of benzene rings is 1. The Bertz CT molecular complexity index is 524. The van der Waals surface area contributed by atoms with Crippen molar-refractivity contribution in [1.29, 1.82) is 0 Å². The van der Waals surface area contributed by atoms with Crippen LogP contribution in [0.4, 0.5) is 0 Å². The maximum Gasteiger partial charge on any atom is 0.119 e. The van der Waals surface area contributed by atoms with Crippen LogP contribution in [-0.4, -0.2) is 17.8 Å². The van der Waals surface area contributed by atoms with Gasteiger partial charge in [-0.2, -0.15) is 0 Å². The Morgan fingerprint density at radius 1 is 1.33 bits per heavy atom. The topological polar surface area (TPSA) is 22.1 Å². The predicted molar refractivity (Wildman–Crippen MR) is 62.7 cm³/mol. The highest BCUT2D eigenvalue weighted by Gasteiger charge is 2.13. The molecule has 0 radical (unpaired) electrons. The third-order valence-electron chi connectivity index (χ3n) is 2.67. The van der Waals surface area contributed by atoms with Gasteiger partial charge < -0.3 is 4.74 Å². The van der Waals surface area contributed by atoms with Crippen LogP contribution in [0.5, 0.6) is 5.75 Å². The van der Waals surface area contributed by atoms with Crippen molar-refractivity contribution in [1.82, 2.24) is 4.98 Å². The van der Waals surface area contributed by atoms with Crippen molar-refractivity contribution in [3.05, 3.63) is 29.8 Å². The van der Waals surface area contributed by atoms with Gasteiger partial charge in [-0.3, -0.25) is 0 Å². The van der Waals surface area contributed by atoms with Crippen LogP contribution in [0.1, 0.15) is 5.56 Å². The molecule has 2 aromatic rings. The average molecular weight is 217 g/mol. The molecule has 0 N–H and O–H groups in total. The number of fused-ring (bicyclic) bond motifs is 2. The Hall–Kier alpha value is -1.22. The first kappa shape index (κ1) is 9.04. The van der Waals surface area contributed by atoms with Crippen molar-refractivity contribution in [2.75, 3.05) is 12.9 Å². The van der Waals surface area contributed by atoms with Gasteiger partial charge in [0.15, 0.2) is 0 Å². The number of methoxy groups -OCH3 is 1. The van der Waals surface area contributed by atoms with E-state index in [-0.39, 0.29) is 0 Å². The van der Waals surface area contributed by atoms with Gasteiger partial charge in [0.25, 0.3) is 0 Å². The molecule has 0 spiro atoms. The van der Waals surface area contributed by atoms with Gasteiger partial charge >= 0.3 is 0 Å². The zero-order valence-electron chi connectivity index (χ0n) is 8.49. The number of thioether (sulfide) groups is 1. The smallest absolute Gasteiger partial charge is 0.119 e. The van der Waals surface area contributed by atoms with E-state index in [1.165, 1.54) is 16.0 Å². The molecule has 1 aromatic carbocycles. The number of ether oxygens (including phenoxy) is 1. The average Bonchev–Trinajstić information content (AvgIpc) is 2.72. The quantitative estimate of drug-likeness (QED) is 0.733.